The normalized spacial score (nSPS) is 25.3. The zero-order chi connectivity index (χ0) is 18.8. The van der Waals surface area contributed by atoms with E-state index in [1.165, 1.54) is 0 Å². The molecule has 3 rings (SSSR count). The first-order chi connectivity index (χ1) is 12.3. The Morgan fingerprint density at radius 2 is 1.73 bits per heavy atom. The van der Waals surface area contributed by atoms with Crippen LogP contribution in [0.3, 0.4) is 0 Å². The van der Waals surface area contributed by atoms with Gasteiger partial charge in [-0.2, -0.15) is 0 Å². The van der Waals surface area contributed by atoms with Gasteiger partial charge in [-0.3, -0.25) is 14.4 Å². The quantitative estimate of drug-likeness (QED) is 0.863. The van der Waals surface area contributed by atoms with Crippen LogP contribution in [0, 0.1) is 25.7 Å². The number of benzene rings is 1. The van der Waals surface area contributed by atoms with E-state index < -0.39 is 5.97 Å². The summed E-state index contributed by atoms with van der Waals surface area (Å²) >= 11 is 0. The minimum atomic E-state index is -0.793. The van der Waals surface area contributed by atoms with Gasteiger partial charge in [-0.25, -0.2) is 0 Å². The Kier molecular flexibility index (Phi) is 5.30. The molecule has 0 spiro atoms. The van der Waals surface area contributed by atoms with Crippen molar-refractivity contribution in [2.24, 2.45) is 11.8 Å². The van der Waals surface area contributed by atoms with Gasteiger partial charge >= 0.3 is 5.97 Å². The summed E-state index contributed by atoms with van der Waals surface area (Å²) in [5.41, 5.74) is 2.78. The number of likely N-dealkylation sites (tertiary alicyclic amines) is 1. The zero-order valence-corrected chi connectivity index (χ0v) is 15.3. The lowest BCUT2D eigenvalue weighted by molar-refractivity contribution is -0.146. The Hall–Kier alpha value is -2.37. The van der Waals surface area contributed by atoms with Gasteiger partial charge in [0.2, 0.25) is 5.91 Å². The summed E-state index contributed by atoms with van der Waals surface area (Å²) < 4.78 is 0. The fraction of sp³-hybridized carbons (Fsp3) is 0.550. The first-order valence-electron chi connectivity index (χ1n) is 9.24. The molecule has 1 unspecified atom stereocenters. The second kappa shape index (κ2) is 7.48. The molecule has 0 radical (unpaired) electrons. The second-order valence-electron chi connectivity index (χ2n) is 7.68. The molecule has 1 aromatic carbocycles. The van der Waals surface area contributed by atoms with E-state index in [-0.39, 0.29) is 29.7 Å². The summed E-state index contributed by atoms with van der Waals surface area (Å²) in [4.78, 5) is 37.9. The van der Waals surface area contributed by atoms with E-state index in [4.69, 9.17) is 5.11 Å². The molecule has 26 heavy (non-hydrogen) atoms. The molecule has 1 heterocycles. The highest BCUT2D eigenvalue weighted by Gasteiger charge is 2.37. The van der Waals surface area contributed by atoms with Gasteiger partial charge in [0, 0.05) is 24.7 Å². The van der Waals surface area contributed by atoms with Gasteiger partial charge in [-0.15, -0.1) is 0 Å². The standard InChI is InChI=1S/C20H26N2O4/c1-12-6-13(2)8-15(7-12)19(24)22-5-3-4-14(11-22)18(23)21-17-9-16(10-17)20(25)26/h6-8,14,16-17H,3-5,9-11H2,1-2H3,(H,21,23)(H,25,26). The number of nitrogens with zero attached hydrogens (tertiary/aromatic N) is 1. The summed E-state index contributed by atoms with van der Waals surface area (Å²) in [5, 5.41) is 11.9. The van der Waals surface area contributed by atoms with Crippen LogP contribution in [0.25, 0.3) is 0 Å². The van der Waals surface area contributed by atoms with E-state index in [0.717, 1.165) is 24.0 Å². The number of piperidine rings is 1. The molecular weight excluding hydrogens is 332 g/mol. The number of carbonyl (C=O) groups is 3. The molecule has 0 bridgehead atoms. The third-order valence-corrected chi connectivity index (χ3v) is 5.38. The van der Waals surface area contributed by atoms with E-state index in [0.29, 0.717) is 31.5 Å². The molecule has 1 saturated heterocycles. The number of rotatable bonds is 4. The molecule has 1 aliphatic carbocycles. The van der Waals surface area contributed by atoms with Crippen LogP contribution in [0.1, 0.15) is 47.2 Å². The number of carbonyl (C=O) groups excluding carboxylic acids is 2. The van der Waals surface area contributed by atoms with E-state index in [2.05, 4.69) is 5.32 Å². The number of aryl methyl sites for hydroxylation is 2. The minimum absolute atomic E-state index is 0.0242. The average molecular weight is 358 g/mol. The Labute approximate surface area is 153 Å². The molecular formula is C20H26N2O4. The summed E-state index contributed by atoms with van der Waals surface area (Å²) in [6, 6.07) is 5.76. The molecule has 1 atom stereocenters. The summed E-state index contributed by atoms with van der Waals surface area (Å²) in [6.07, 6.45) is 2.56. The van der Waals surface area contributed by atoms with Crippen molar-refractivity contribution >= 4 is 17.8 Å². The monoisotopic (exact) mass is 358 g/mol. The molecule has 2 N–H and O–H groups in total. The number of carboxylic acids is 1. The van der Waals surface area contributed by atoms with Crippen molar-refractivity contribution in [2.45, 2.75) is 45.6 Å². The first kappa shape index (κ1) is 18.4. The number of amides is 2. The lowest BCUT2D eigenvalue weighted by Gasteiger charge is -2.36. The fourth-order valence-corrected chi connectivity index (χ4v) is 3.91. The van der Waals surface area contributed by atoms with Crippen LogP contribution in [0.2, 0.25) is 0 Å². The Morgan fingerprint density at radius 1 is 1.08 bits per heavy atom. The van der Waals surface area contributed by atoms with Crippen molar-refractivity contribution in [1.82, 2.24) is 10.2 Å². The van der Waals surface area contributed by atoms with E-state index >= 15 is 0 Å². The number of hydrogen-bond donors (Lipinski definition) is 2. The molecule has 6 nitrogen and oxygen atoms in total. The van der Waals surface area contributed by atoms with Crippen molar-refractivity contribution < 1.29 is 19.5 Å². The lowest BCUT2D eigenvalue weighted by Crippen LogP contribution is -2.51. The van der Waals surface area contributed by atoms with Crippen LogP contribution in [0.15, 0.2) is 18.2 Å². The maximum atomic E-state index is 12.8. The SMILES string of the molecule is Cc1cc(C)cc(C(=O)N2CCCC(C(=O)NC3CC(C(=O)O)C3)C2)c1. The molecule has 1 aliphatic heterocycles. The van der Waals surface area contributed by atoms with Gasteiger partial charge in [0.15, 0.2) is 0 Å². The molecule has 0 aromatic heterocycles. The predicted octanol–water partition coefficient (Wildman–Crippen LogP) is 2.14. The minimum Gasteiger partial charge on any atom is -0.481 e. The van der Waals surface area contributed by atoms with Crippen LogP contribution in [0.4, 0.5) is 0 Å². The van der Waals surface area contributed by atoms with Crippen LogP contribution < -0.4 is 5.32 Å². The highest BCUT2D eigenvalue weighted by molar-refractivity contribution is 5.95. The smallest absolute Gasteiger partial charge is 0.306 e. The molecule has 1 aromatic rings. The van der Waals surface area contributed by atoms with Crippen LogP contribution in [0.5, 0.6) is 0 Å². The molecule has 2 aliphatic rings. The summed E-state index contributed by atoms with van der Waals surface area (Å²) in [5.74, 6) is -1.43. The summed E-state index contributed by atoms with van der Waals surface area (Å²) in [7, 11) is 0. The van der Waals surface area contributed by atoms with Crippen LogP contribution in [-0.2, 0) is 9.59 Å². The van der Waals surface area contributed by atoms with Gasteiger partial charge in [0.05, 0.1) is 11.8 Å². The third kappa shape index (κ3) is 4.06. The third-order valence-electron chi connectivity index (χ3n) is 5.38. The van der Waals surface area contributed by atoms with E-state index in [9.17, 15) is 14.4 Å². The van der Waals surface area contributed by atoms with Gasteiger partial charge in [-0.05, 0) is 51.7 Å². The highest BCUT2D eigenvalue weighted by Crippen LogP contribution is 2.28. The van der Waals surface area contributed by atoms with Crippen molar-refractivity contribution in [3.05, 3.63) is 34.9 Å². The summed E-state index contributed by atoms with van der Waals surface area (Å²) in [6.45, 7) is 5.03. The fourth-order valence-electron chi connectivity index (χ4n) is 3.91. The topological polar surface area (TPSA) is 86.7 Å². The van der Waals surface area contributed by atoms with Crippen molar-refractivity contribution in [3.8, 4) is 0 Å². The molecule has 2 fully saturated rings. The zero-order valence-electron chi connectivity index (χ0n) is 15.3. The van der Waals surface area contributed by atoms with Gasteiger partial charge in [0.25, 0.3) is 5.91 Å². The van der Waals surface area contributed by atoms with E-state index in [1.54, 1.807) is 4.90 Å². The van der Waals surface area contributed by atoms with Crippen LogP contribution in [-0.4, -0.2) is 46.9 Å². The maximum absolute atomic E-state index is 12.8. The molecule has 140 valence electrons. The average Bonchev–Trinajstić information content (AvgIpc) is 2.55. The first-order valence-corrected chi connectivity index (χ1v) is 9.24. The highest BCUT2D eigenvalue weighted by atomic mass is 16.4. The van der Waals surface area contributed by atoms with Crippen LogP contribution >= 0.6 is 0 Å². The van der Waals surface area contributed by atoms with Gasteiger partial charge in [-0.1, -0.05) is 17.2 Å². The lowest BCUT2D eigenvalue weighted by atomic mass is 9.80. The Bertz CT molecular complexity index is 704. The number of aliphatic carboxylic acids is 1. The molecule has 6 heteroatoms. The van der Waals surface area contributed by atoms with Crippen molar-refractivity contribution in [3.63, 3.8) is 0 Å². The maximum Gasteiger partial charge on any atom is 0.306 e. The molecule has 2 amide bonds. The second-order valence-corrected chi connectivity index (χ2v) is 7.68. The largest absolute Gasteiger partial charge is 0.481 e. The Morgan fingerprint density at radius 3 is 2.35 bits per heavy atom. The van der Waals surface area contributed by atoms with Crippen molar-refractivity contribution in [1.29, 1.82) is 0 Å². The predicted molar refractivity (Wildman–Crippen MR) is 96.8 cm³/mol. The number of nitrogens with one attached hydrogen (secondary N) is 1. The van der Waals surface area contributed by atoms with Crippen molar-refractivity contribution in [2.75, 3.05) is 13.1 Å². The number of hydrogen-bond acceptors (Lipinski definition) is 3. The van der Waals surface area contributed by atoms with E-state index in [1.807, 2.05) is 32.0 Å². The molecule has 1 saturated carbocycles. The number of carboxylic acid groups (broad SMARTS) is 1. The van der Waals surface area contributed by atoms with Gasteiger partial charge < -0.3 is 15.3 Å². The van der Waals surface area contributed by atoms with Gasteiger partial charge in [0.1, 0.15) is 0 Å². The Balaban J connectivity index is 1.57.